The first kappa shape index (κ1) is 20.3. The van der Waals surface area contributed by atoms with Crippen molar-refractivity contribution in [1.82, 2.24) is 0 Å². The summed E-state index contributed by atoms with van der Waals surface area (Å²) in [5, 5.41) is 3.36. The van der Waals surface area contributed by atoms with Gasteiger partial charge in [0.25, 0.3) is 0 Å². The van der Waals surface area contributed by atoms with E-state index in [2.05, 4.69) is 5.32 Å². The molecule has 0 aliphatic heterocycles. The van der Waals surface area contributed by atoms with Gasteiger partial charge < -0.3 is 5.32 Å². The zero-order valence-electron chi connectivity index (χ0n) is 15.3. The topological polar surface area (TPSA) is 66.5 Å². The molecule has 2 rings (SSSR count). The van der Waals surface area contributed by atoms with Crippen molar-refractivity contribution in [3.63, 3.8) is 0 Å². The van der Waals surface area contributed by atoms with Gasteiger partial charge in [-0.15, -0.1) is 0 Å². The van der Waals surface area contributed by atoms with E-state index in [4.69, 9.17) is 11.6 Å². The minimum Gasteiger partial charge on any atom is -0.326 e. The van der Waals surface area contributed by atoms with Crippen molar-refractivity contribution in [3.8, 4) is 0 Å². The molecule has 1 amide bonds. The fourth-order valence-electron chi connectivity index (χ4n) is 2.63. The second kappa shape index (κ2) is 8.10. The zero-order chi connectivity index (χ0) is 19.5. The van der Waals surface area contributed by atoms with E-state index in [1.165, 1.54) is 4.31 Å². The molecule has 0 aliphatic carbocycles. The molecule has 0 aromatic heterocycles. The number of nitrogens with zero attached hydrogens (tertiary/aromatic N) is 1. The van der Waals surface area contributed by atoms with Gasteiger partial charge in [0.2, 0.25) is 15.9 Å². The number of halogens is 1. The van der Waals surface area contributed by atoms with Crippen LogP contribution in [0, 0.1) is 20.8 Å². The molecule has 0 unspecified atom stereocenters. The van der Waals surface area contributed by atoms with Crippen LogP contribution in [0.2, 0.25) is 5.02 Å². The second-order valence-corrected chi connectivity index (χ2v) is 8.58. The smallest absolute Gasteiger partial charge is 0.232 e. The molecule has 0 saturated heterocycles. The fraction of sp³-hybridized carbons (Fsp3) is 0.316. The van der Waals surface area contributed by atoms with Crippen LogP contribution in [0.15, 0.2) is 36.4 Å². The largest absolute Gasteiger partial charge is 0.326 e. The number of benzene rings is 2. The summed E-state index contributed by atoms with van der Waals surface area (Å²) < 4.78 is 25.8. The van der Waals surface area contributed by atoms with Crippen molar-refractivity contribution in [3.05, 3.63) is 58.1 Å². The lowest BCUT2D eigenvalue weighted by Gasteiger charge is -2.24. The third-order valence-corrected chi connectivity index (χ3v) is 5.92. The van der Waals surface area contributed by atoms with Crippen LogP contribution in [-0.4, -0.2) is 27.1 Å². The van der Waals surface area contributed by atoms with Gasteiger partial charge in [0.1, 0.15) is 0 Å². The molecule has 0 atom stereocenters. The summed E-state index contributed by atoms with van der Waals surface area (Å²) in [6.45, 7) is 5.68. The number of rotatable bonds is 6. The van der Waals surface area contributed by atoms with E-state index < -0.39 is 10.0 Å². The number of sulfonamides is 1. The highest BCUT2D eigenvalue weighted by atomic mass is 35.5. The highest BCUT2D eigenvalue weighted by Crippen LogP contribution is 2.26. The van der Waals surface area contributed by atoms with E-state index >= 15 is 0 Å². The molecule has 5 nitrogen and oxygen atoms in total. The molecular formula is C19H23ClN2O3S. The number of nitrogens with one attached hydrogen (secondary N) is 1. The van der Waals surface area contributed by atoms with E-state index in [0.29, 0.717) is 16.4 Å². The Hall–Kier alpha value is -2.05. The van der Waals surface area contributed by atoms with E-state index in [1.54, 1.807) is 24.3 Å². The average molecular weight is 395 g/mol. The molecule has 2 aromatic carbocycles. The molecule has 0 saturated carbocycles. The van der Waals surface area contributed by atoms with Crippen molar-refractivity contribution in [2.45, 2.75) is 27.2 Å². The Morgan fingerprint density at radius 3 is 2.38 bits per heavy atom. The van der Waals surface area contributed by atoms with Crippen LogP contribution in [0.1, 0.15) is 23.1 Å². The molecule has 26 heavy (non-hydrogen) atoms. The minimum absolute atomic E-state index is 0.0341. The number of carbonyl (C=O) groups excluding carboxylic acids is 1. The van der Waals surface area contributed by atoms with Crippen molar-refractivity contribution >= 4 is 38.9 Å². The number of anilines is 2. The quantitative estimate of drug-likeness (QED) is 0.803. The molecule has 0 fully saturated rings. The lowest BCUT2D eigenvalue weighted by molar-refractivity contribution is -0.116. The Morgan fingerprint density at radius 2 is 1.73 bits per heavy atom. The summed E-state index contributed by atoms with van der Waals surface area (Å²) in [4.78, 5) is 12.3. The zero-order valence-corrected chi connectivity index (χ0v) is 16.9. The first-order valence-corrected chi connectivity index (χ1v) is 10.4. The molecular weight excluding hydrogens is 372 g/mol. The van der Waals surface area contributed by atoms with Crippen LogP contribution in [-0.2, 0) is 14.8 Å². The van der Waals surface area contributed by atoms with Crippen LogP contribution in [0.4, 0.5) is 11.4 Å². The van der Waals surface area contributed by atoms with E-state index in [0.717, 1.165) is 22.9 Å². The van der Waals surface area contributed by atoms with Crippen LogP contribution >= 0.6 is 11.6 Å². The first-order chi connectivity index (χ1) is 12.1. The molecule has 0 spiro atoms. The van der Waals surface area contributed by atoms with Crippen LogP contribution < -0.4 is 9.62 Å². The summed E-state index contributed by atoms with van der Waals surface area (Å²) in [6.07, 6.45) is 1.18. The molecule has 7 heteroatoms. The number of aryl methyl sites for hydroxylation is 1. The second-order valence-electron chi connectivity index (χ2n) is 6.26. The molecule has 2 aromatic rings. The van der Waals surface area contributed by atoms with Gasteiger partial charge in [0.05, 0.1) is 11.9 Å². The summed E-state index contributed by atoms with van der Waals surface area (Å²) in [5.41, 5.74) is 3.87. The van der Waals surface area contributed by atoms with E-state index in [1.807, 2.05) is 32.9 Å². The Bertz CT molecular complexity index is 926. The maximum Gasteiger partial charge on any atom is 0.232 e. The lowest BCUT2D eigenvalue weighted by Crippen LogP contribution is -2.33. The first-order valence-electron chi connectivity index (χ1n) is 8.20. The van der Waals surface area contributed by atoms with Gasteiger partial charge in [-0.1, -0.05) is 29.8 Å². The summed E-state index contributed by atoms with van der Waals surface area (Å²) in [5.74, 6) is -0.269. The summed E-state index contributed by atoms with van der Waals surface area (Å²) >= 11 is 6.06. The predicted molar refractivity (Wildman–Crippen MR) is 108 cm³/mol. The van der Waals surface area contributed by atoms with Crippen molar-refractivity contribution in [2.75, 3.05) is 22.4 Å². The van der Waals surface area contributed by atoms with E-state index in [9.17, 15) is 13.2 Å². The fourth-order valence-corrected chi connectivity index (χ4v) is 3.78. The normalized spacial score (nSPS) is 11.3. The lowest BCUT2D eigenvalue weighted by atomic mass is 10.1. The molecule has 0 aliphatic rings. The number of hydrogen-bond donors (Lipinski definition) is 1. The van der Waals surface area contributed by atoms with Crippen molar-refractivity contribution < 1.29 is 13.2 Å². The van der Waals surface area contributed by atoms with Crippen LogP contribution in [0.3, 0.4) is 0 Å². The van der Waals surface area contributed by atoms with Gasteiger partial charge in [0.15, 0.2) is 0 Å². The maximum atomic E-state index is 12.3. The molecule has 0 heterocycles. The number of carbonyl (C=O) groups is 1. The van der Waals surface area contributed by atoms with Crippen LogP contribution in [0.25, 0.3) is 0 Å². The van der Waals surface area contributed by atoms with E-state index in [-0.39, 0.29) is 18.9 Å². The molecule has 1 N–H and O–H groups in total. The Labute approximate surface area is 160 Å². The van der Waals surface area contributed by atoms with Gasteiger partial charge in [-0.2, -0.15) is 0 Å². The minimum atomic E-state index is -3.51. The van der Waals surface area contributed by atoms with Gasteiger partial charge in [-0.3, -0.25) is 9.10 Å². The van der Waals surface area contributed by atoms with Gasteiger partial charge in [-0.25, -0.2) is 8.42 Å². The van der Waals surface area contributed by atoms with Crippen LogP contribution in [0.5, 0.6) is 0 Å². The summed E-state index contributed by atoms with van der Waals surface area (Å²) in [7, 11) is -3.51. The van der Waals surface area contributed by atoms with Crippen molar-refractivity contribution in [2.24, 2.45) is 0 Å². The number of amides is 1. The SMILES string of the molecule is Cc1cccc(N(CCC(=O)Nc2cccc(Cl)c2C)S(C)(=O)=O)c1C. The third kappa shape index (κ3) is 4.77. The maximum absolute atomic E-state index is 12.3. The van der Waals surface area contributed by atoms with Gasteiger partial charge >= 0.3 is 0 Å². The van der Waals surface area contributed by atoms with Crippen molar-refractivity contribution in [1.29, 1.82) is 0 Å². The van der Waals surface area contributed by atoms with Gasteiger partial charge in [0, 0.05) is 23.7 Å². The Balaban J connectivity index is 2.16. The highest BCUT2D eigenvalue weighted by Gasteiger charge is 2.21. The van der Waals surface area contributed by atoms with Gasteiger partial charge in [-0.05, 0) is 55.7 Å². The Morgan fingerprint density at radius 1 is 1.08 bits per heavy atom. The predicted octanol–water partition coefficient (Wildman–Crippen LogP) is 4.06. The average Bonchev–Trinajstić information content (AvgIpc) is 2.54. The molecule has 0 bridgehead atoms. The molecule has 140 valence electrons. The Kier molecular flexibility index (Phi) is 6.31. The summed E-state index contributed by atoms with van der Waals surface area (Å²) in [6, 6.07) is 10.8. The number of hydrogen-bond acceptors (Lipinski definition) is 3. The monoisotopic (exact) mass is 394 g/mol. The highest BCUT2D eigenvalue weighted by molar-refractivity contribution is 7.92. The standard InChI is InChI=1S/C19H23ClN2O3S/c1-13-7-5-10-18(14(13)2)22(26(4,24)25)12-11-19(23)21-17-9-6-8-16(20)15(17)3/h5-10H,11-12H2,1-4H3,(H,21,23). The third-order valence-electron chi connectivity index (χ3n) is 4.33. The molecule has 0 radical (unpaired) electrons.